The Morgan fingerprint density at radius 3 is 2.07 bits per heavy atom. The van der Waals surface area contributed by atoms with E-state index in [1.807, 2.05) is 0 Å². The summed E-state index contributed by atoms with van der Waals surface area (Å²) in [6.07, 6.45) is 12.1. The Kier molecular flexibility index (Phi) is 1.94. The van der Waals surface area contributed by atoms with Crippen LogP contribution in [-0.4, -0.2) is 12.1 Å². The van der Waals surface area contributed by atoms with Crippen LogP contribution in [0.1, 0.15) is 51.4 Å². The van der Waals surface area contributed by atoms with Gasteiger partial charge in [-0.1, -0.05) is 19.3 Å². The number of hydrogen-bond donors (Lipinski definition) is 1. The Labute approximate surface area is 93.0 Å². The first kappa shape index (κ1) is 9.04. The third-order valence-corrected chi connectivity index (χ3v) is 5.77. The molecule has 0 saturated heterocycles. The molecule has 1 N–H and O–H groups in total. The molecule has 84 valence electrons. The average Bonchev–Trinajstić information content (AvgIpc) is 2.71. The maximum absolute atomic E-state index is 4.00. The SMILES string of the molecule is C1CCC(NC2C3C4CCC(C4)C23)CC1. The summed E-state index contributed by atoms with van der Waals surface area (Å²) in [5, 5.41) is 4.00. The average molecular weight is 205 g/mol. The van der Waals surface area contributed by atoms with Crippen molar-refractivity contribution in [1.82, 2.24) is 5.32 Å². The molecule has 4 saturated carbocycles. The maximum Gasteiger partial charge on any atom is 0.0138 e. The van der Waals surface area contributed by atoms with Gasteiger partial charge >= 0.3 is 0 Å². The smallest absolute Gasteiger partial charge is 0.0138 e. The molecule has 15 heavy (non-hydrogen) atoms. The van der Waals surface area contributed by atoms with E-state index >= 15 is 0 Å². The summed E-state index contributed by atoms with van der Waals surface area (Å²) in [4.78, 5) is 0. The van der Waals surface area contributed by atoms with Crippen molar-refractivity contribution in [2.24, 2.45) is 23.7 Å². The second kappa shape index (κ2) is 3.23. The molecule has 0 aromatic carbocycles. The third kappa shape index (κ3) is 1.32. The van der Waals surface area contributed by atoms with Crippen molar-refractivity contribution >= 4 is 0 Å². The largest absolute Gasteiger partial charge is 0.311 e. The van der Waals surface area contributed by atoms with Crippen molar-refractivity contribution in [2.75, 3.05) is 0 Å². The minimum absolute atomic E-state index is 0.897. The van der Waals surface area contributed by atoms with E-state index in [0.29, 0.717) is 0 Å². The molecule has 4 rings (SSSR count). The van der Waals surface area contributed by atoms with E-state index in [4.69, 9.17) is 0 Å². The van der Waals surface area contributed by atoms with Crippen molar-refractivity contribution in [1.29, 1.82) is 0 Å². The highest BCUT2D eigenvalue weighted by Crippen LogP contribution is 2.65. The van der Waals surface area contributed by atoms with Crippen LogP contribution in [-0.2, 0) is 0 Å². The fourth-order valence-corrected chi connectivity index (χ4v) is 5.09. The first-order valence-corrected chi connectivity index (χ1v) is 7.19. The number of fused-ring (bicyclic) bond motifs is 5. The normalized spacial score (nSPS) is 53.2. The Morgan fingerprint density at radius 2 is 1.40 bits per heavy atom. The Balaban J connectivity index is 1.37. The van der Waals surface area contributed by atoms with Crippen LogP contribution in [0.5, 0.6) is 0 Å². The summed E-state index contributed by atoms with van der Waals surface area (Å²) in [6, 6.07) is 1.87. The van der Waals surface area contributed by atoms with Crippen molar-refractivity contribution in [3.63, 3.8) is 0 Å². The highest BCUT2D eigenvalue weighted by Gasteiger charge is 2.64. The van der Waals surface area contributed by atoms with Crippen LogP contribution in [0.15, 0.2) is 0 Å². The van der Waals surface area contributed by atoms with Crippen molar-refractivity contribution in [2.45, 2.75) is 63.5 Å². The van der Waals surface area contributed by atoms with Gasteiger partial charge in [0.25, 0.3) is 0 Å². The molecule has 0 heterocycles. The summed E-state index contributed by atoms with van der Waals surface area (Å²) in [5.41, 5.74) is 0. The van der Waals surface area contributed by atoms with E-state index in [1.165, 1.54) is 32.1 Å². The van der Waals surface area contributed by atoms with Crippen LogP contribution in [0, 0.1) is 23.7 Å². The van der Waals surface area contributed by atoms with Gasteiger partial charge in [0.2, 0.25) is 0 Å². The molecular weight excluding hydrogens is 182 g/mol. The summed E-state index contributed by atoms with van der Waals surface area (Å²) in [6.45, 7) is 0. The van der Waals surface area contributed by atoms with E-state index in [1.54, 1.807) is 19.3 Å². The van der Waals surface area contributed by atoms with Crippen LogP contribution in [0.25, 0.3) is 0 Å². The Morgan fingerprint density at radius 1 is 0.733 bits per heavy atom. The zero-order valence-corrected chi connectivity index (χ0v) is 9.62. The lowest BCUT2D eigenvalue weighted by Crippen LogP contribution is -2.35. The van der Waals surface area contributed by atoms with Gasteiger partial charge in [-0.25, -0.2) is 0 Å². The number of nitrogens with one attached hydrogen (secondary N) is 1. The molecule has 4 aliphatic carbocycles. The number of hydrogen-bond acceptors (Lipinski definition) is 1. The molecule has 2 bridgehead atoms. The third-order valence-electron chi connectivity index (χ3n) is 5.77. The topological polar surface area (TPSA) is 12.0 Å². The molecule has 0 aromatic heterocycles. The molecule has 4 unspecified atom stereocenters. The van der Waals surface area contributed by atoms with E-state index in [9.17, 15) is 0 Å². The second-order valence-corrected chi connectivity index (χ2v) is 6.52. The van der Waals surface area contributed by atoms with Crippen LogP contribution >= 0.6 is 0 Å². The van der Waals surface area contributed by atoms with Crippen molar-refractivity contribution < 1.29 is 0 Å². The zero-order chi connectivity index (χ0) is 9.83. The van der Waals surface area contributed by atoms with Gasteiger partial charge in [0.15, 0.2) is 0 Å². The maximum atomic E-state index is 4.00. The molecule has 0 aromatic rings. The minimum Gasteiger partial charge on any atom is -0.311 e. The van der Waals surface area contributed by atoms with E-state index in [0.717, 1.165) is 35.8 Å². The van der Waals surface area contributed by atoms with Crippen LogP contribution < -0.4 is 5.32 Å². The molecule has 4 atom stereocenters. The quantitative estimate of drug-likeness (QED) is 0.731. The second-order valence-electron chi connectivity index (χ2n) is 6.52. The van der Waals surface area contributed by atoms with Gasteiger partial charge in [0, 0.05) is 12.1 Å². The van der Waals surface area contributed by atoms with Crippen molar-refractivity contribution in [3.05, 3.63) is 0 Å². The predicted octanol–water partition coefficient (Wildman–Crippen LogP) is 2.95. The highest BCUT2D eigenvalue weighted by atomic mass is 15.0. The number of rotatable bonds is 2. The molecule has 0 spiro atoms. The molecule has 4 aliphatic rings. The molecule has 0 aliphatic heterocycles. The first-order chi connectivity index (χ1) is 7.43. The van der Waals surface area contributed by atoms with Gasteiger partial charge < -0.3 is 5.32 Å². The van der Waals surface area contributed by atoms with Gasteiger partial charge in [0.1, 0.15) is 0 Å². The fourth-order valence-electron chi connectivity index (χ4n) is 5.09. The van der Waals surface area contributed by atoms with Crippen LogP contribution in [0.4, 0.5) is 0 Å². The predicted molar refractivity (Wildman–Crippen MR) is 61.6 cm³/mol. The standard InChI is InChI=1S/C14H23N/c1-2-4-11(5-3-1)15-14-12-9-6-7-10(8-9)13(12)14/h9-15H,1-8H2. The summed E-state index contributed by atoms with van der Waals surface area (Å²) in [7, 11) is 0. The fraction of sp³-hybridized carbons (Fsp3) is 1.00. The molecule has 0 radical (unpaired) electrons. The van der Waals surface area contributed by atoms with Gasteiger partial charge in [-0.15, -0.1) is 0 Å². The first-order valence-electron chi connectivity index (χ1n) is 7.19. The summed E-state index contributed by atoms with van der Waals surface area (Å²) >= 11 is 0. The molecule has 0 amide bonds. The summed E-state index contributed by atoms with van der Waals surface area (Å²) in [5.74, 6) is 4.54. The van der Waals surface area contributed by atoms with Gasteiger partial charge in [-0.05, 0) is 55.8 Å². The van der Waals surface area contributed by atoms with Gasteiger partial charge in [-0.2, -0.15) is 0 Å². The summed E-state index contributed by atoms with van der Waals surface area (Å²) < 4.78 is 0. The lowest BCUT2D eigenvalue weighted by molar-refractivity contribution is 0.341. The lowest BCUT2D eigenvalue weighted by Gasteiger charge is -2.24. The van der Waals surface area contributed by atoms with E-state index in [2.05, 4.69) is 5.32 Å². The monoisotopic (exact) mass is 205 g/mol. The Bertz CT molecular complexity index is 240. The van der Waals surface area contributed by atoms with Crippen LogP contribution in [0.3, 0.4) is 0 Å². The zero-order valence-electron chi connectivity index (χ0n) is 9.62. The van der Waals surface area contributed by atoms with Crippen molar-refractivity contribution in [3.8, 4) is 0 Å². The van der Waals surface area contributed by atoms with E-state index in [-0.39, 0.29) is 0 Å². The molecule has 4 fully saturated rings. The Hall–Kier alpha value is -0.0400. The lowest BCUT2D eigenvalue weighted by atomic mass is 9.95. The molecule has 1 nitrogen and oxygen atoms in total. The van der Waals surface area contributed by atoms with Gasteiger partial charge in [0.05, 0.1) is 0 Å². The molecular formula is C14H23N. The molecule has 1 heteroatoms. The van der Waals surface area contributed by atoms with E-state index < -0.39 is 0 Å². The van der Waals surface area contributed by atoms with Crippen LogP contribution in [0.2, 0.25) is 0 Å². The van der Waals surface area contributed by atoms with Gasteiger partial charge in [-0.3, -0.25) is 0 Å². The minimum atomic E-state index is 0.897. The highest BCUT2D eigenvalue weighted by molar-refractivity contribution is 5.17.